The summed E-state index contributed by atoms with van der Waals surface area (Å²) in [5.41, 5.74) is 1.53. The van der Waals surface area contributed by atoms with Crippen LogP contribution in [-0.4, -0.2) is 23.2 Å². The van der Waals surface area contributed by atoms with Gasteiger partial charge in [-0.3, -0.25) is 4.79 Å². The van der Waals surface area contributed by atoms with Crippen molar-refractivity contribution in [2.45, 2.75) is 0 Å². The van der Waals surface area contributed by atoms with E-state index in [0.29, 0.717) is 22.3 Å². The van der Waals surface area contributed by atoms with Gasteiger partial charge in [-0.1, -0.05) is 29.8 Å². The number of rotatable bonds is 5. The zero-order valence-electron chi connectivity index (χ0n) is 13.4. The second kappa shape index (κ2) is 7.63. The number of nitrogens with zero attached hydrogens (tertiary/aromatic N) is 2. The topological polar surface area (TPSA) is 76.1 Å². The van der Waals surface area contributed by atoms with E-state index in [2.05, 4.69) is 20.8 Å². The molecule has 1 amide bonds. The van der Waals surface area contributed by atoms with E-state index in [-0.39, 0.29) is 5.69 Å². The Bertz CT molecular complexity index is 870. The molecule has 0 unspecified atom stereocenters. The summed E-state index contributed by atoms with van der Waals surface area (Å²) in [7, 11) is 1.52. The van der Waals surface area contributed by atoms with E-state index in [0.717, 1.165) is 5.69 Å². The van der Waals surface area contributed by atoms with Crippen LogP contribution >= 0.6 is 11.6 Å². The van der Waals surface area contributed by atoms with E-state index < -0.39 is 5.91 Å². The third kappa shape index (κ3) is 4.24. The molecule has 6 nitrogen and oxygen atoms in total. The van der Waals surface area contributed by atoms with Crippen molar-refractivity contribution in [1.29, 1.82) is 0 Å². The number of halogens is 1. The van der Waals surface area contributed by atoms with Gasteiger partial charge in [0.2, 0.25) is 0 Å². The van der Waals surface area contributed by atoms with Gasteiger partial charge in [-0.2, -0.15) is 0 Å². The first-order chi connectivity index (χ1) is 12.2. The molecule has 1 aromatic heterocycles. The number of para-hydroxylation sites is 1. The molecular weight excluding hydrogens is 340 g/mol. The molecule has 0 atom stereocenters. The van der Waals surface area contributed by atoms with Crippen LogP contribution in [0.1, 0.15) is 10.5 Å². The summed E-state index contributed by atoms with van der Waals surface area (Å²) in [4.78, 5) is 12.3. The lowest BCUT2D eigenvalue weighted by Crippen LogP contribution is -2.15. The maximum atomic E-state index is 12.3. The highest BCUT2D eigenvalue weighted by Gasteiger charge is 2.12. The molecule has 1 heterocycles. The number of nitrogens with one attached hydrogen (secondary N) is 2. The first-order valence-corrected chi connectivity index (χ1v) is 7.84. The first kappa shape index (κ1) is 16.7. The SMILES string of the molecule is COc1ccc(Cl)cc1NC(=O)c1ccc(Nc2ccccc2)nn1. The second-order valence-corrected chi connectivity index (χ2v) is 5.53. The number of amides is 1. The lowest BCUT2D eigenvalue weighted by atomic mass is 10.2. The predicted molar refractivity (Wildman–Crippen MR) is 97.7 cm³/mol. The molecule has 3 aromatic rings. The monoisotopic (exact) mass is 354 g/mol. The van der Waals surface area contributed by atoms with Crippen molar-refractivity contribution in [2.24, 2.45) is 0 Å². The van der Waals surface area contributed by atoms with E-state index in [4.69, 9.17) is 16.3 Å². The number of benzene rings is 2. The Labute approximate surface area is 149 Å². The normalized spacial score (nSPS) is 10.2. The number of carbonyl (C=O) groups excluding carboxylic acids is 1. The van der Waals surface area contributed by atoms with E-state index in [9.17, 15) is 4.79 Å². The third-order valence-electron chi connectivity index (χ3n) is 3.35. The van der Waals surface area contributed by atoms with E-state index in [1.165, 1.54) is 7.11 Å². The first-order valence-electron chi connectivity index (χ1n) is 7.46. The van der Waals surface area contributed by atoms with Crippen LogP contribution in [0.2, 0.25) is 5.02 Å². The summed E-state index contributed by atoms with van der Waals surface area (Å²) in [6.07, 6.45) is 0. The largest absolute Gasteiger partial charge is 0.495 e. The van der Waals surface area contributed by atoms with Crippen molar-refractivity contribution in [1.82, 2.24) is 10.2 Å². The molecule has 0 saturated carbocycles. The quantitative estimate of drug-likeness (QED) is 0.720. The van der Waals surface area contributed by atoms with Crippen LogP contribution in [0.4, 0.5) is 17.2 Å². The number of hydrogen-bond donors (Lipinski definition) is 2. The lowest BCUT2D eigenvalue weighted by molar-refractivity contribution is 0.102. The summed E-state index contributed by atoms with van der Waals surface area (Å²) in [5, 5.41) is 14.3. The maximum absolute atomic E-state index is 12.3. The Morgan fingerprint density at radius 3 is 2.52 bits per heavy atom. The van der Waals surface area contributed by atoms with Gasteiger partial charge in [-0.05, 0) is 42.5 Å². The number of ether oxygens (including phenoxy) is 1. The molecule has 0 fully saturated rings. The van der Waals surface area contributed by atoms with Crippen molar-refractivity contribution in [3.05, 3.63) is 71.4 Å². The van der Waals surface area contributed by atoms with Crippen molar-refractivity contribution >= 4 is 34.7 Å². The minimum atomic E-state index is -0.403. The van der Waals surface area contributed by atoms with Gasteiger partial charge in [-0.15, -0.1) is 10.2 Å². The number of aromatic nitrogens is 2. The van der Waals surface area contributed by atoms with Crippen molar-refractivity contribution in [2.75, 3.05) is 17.7 Å². The molecule has 0 bridgehead atoms. The number of methoxy groups -OCH3 is 1. The van der Waals surface area contributed by atoms with Crippen molar-refractivity contribution < 1.29 is 9.53 Å². The molecule has 7 heteroatoms. The Morgan fingerprint density at radius 2 is 1.84 bits per heavy atom. The van der Waals surface area contributed by atoms with Crippen molar-refractivity contribution in [3.63, 3.8) is 0 Å². The molecule has 2 aromatic carbocycles. The maximum Gasteiger partial charge on any atom is 0.276 e. The fraction of sp³-hybridized carbons (Fsp3) is 0.0556. The molecule has 0 spiro atoms. The van der Waals surface area contributed by atoms with E-state index in [1.807, 2.05) is 30.3 Å². The van der Waals surface area contributed by atoms with Gasteiger partial charge < -0.3 is 15.4 Å². The van der Waals surface area contributed by atoms with E-state index in [1.54, 1.807) is 30.3 Å². The number of carbonyl (C=O) groups is 1. The number of hydrogen-bond acceptors (Lipinski definition) is 5. The van der Waals surface area contributed by atoms with Crippen LogP contribution in [0, 0.1) is 0 Å². The predicted octanol–water partition coefficient (Wildman–Crippen LogP) is 4.13. The molecule has 2 N–H and O–H groups in total. The molecule has 0 aliphatic carbocycles. The molecule has 0 aliphatic rings. The van der Waals surface area contributed by atoms with Crippen LogP contribution in [0.5, 0.6) is 5.75 Å². The fourth-order valence-corrected chi connectivity index (χ4v) is 2.33. The highest BCUT2D eigenvalue weighted by atomic mass is 35.5. The lowest BCUT2D eigenvalue weighted by Gasteiger charge is -2.10. The Balaban J connectivity index is 1.72. The van der Waals surface area contributed by atoms with Crippen LogP contribution in [0.15, 0.2) is 60.7 Å². The fourth-order valence-electron chi connectivity index (χ4n) is 2.15. The van der Waals surface area contributed by atoms with Crippen molar-refractivity contribution in [3.8, 4) is 5.75 Å². The van der Waals surface area contributed by atoms with Gasteiger partial charge in [0.05, 0.1) is 12.8 Å². The summed E-state index contributed by atoms with van der Waals surface area (Å²) in [6.45, 7) is 0. The molecule has 126 valence electrons. The van der Waals surface area contributed by atoms with Gasteiger partial charge in [-0.25, -0.2) is 0 Å². The smallest absolute Gasteiger partial charge is 0.276 e. The van der Waals surface area contributed by atoms with Gasteiger partial charge in [0.25, 0.3) is 5.91 Å². The minimum Gasteiger partial charge on any atom is -0.495 e. The Morgan fingerprint density at radius 1 is 1.04 bits per heavy atom. The Hall–Kier alpha value is -3.12. The van der Waals surface area contributed by atoms with Crippen LogP contribution in [0.25, 0.3) is 0 Å². The van der Waals surface area contributed by atoms with E-state index >= 15 is 0 Å². The van der Waals surface area contributed by atoms with Gasteiger partial charge in [0.15, 0.2) is 11.5 Å². The summed E-state index contributed by atoms with van der Waals surface area (Å²) < 4.78 is 5.20. The zero-order chi connectivity index (χ0) is 17.6. The highest BCUT2D eigenvalue weighted by molar-refractivity contribution is 6.31. The number of anilines is 3. The minimum absolute atomic E-state index is 0.181. The summed E-state index contributed by atoms with van der Waals surface area (Å²) in [5.74, 6) is 0.649. The molecule has 3 rings (SSSR count). The van der Waals surface area contributed by atoms with Gasteiger partial charge in [0, 0.05) is 10.7 Å². The summed E-state index contributed by atoms with van der Waals surface area (Å²) in [6, 6.07) is 17.8. The Kier molecular flexibility index (Phi) is 5.11. The average molecular weight is 355 g/mol. The third-order valence-corrected chi connectivity index (χ3v) is 3.59. The molecule has 0 radical (unpaired) electrons. The summed E-state index contributed by atoms with van der Waals surface area (Å²) >= 11 is 5.96. The average Bonchev–Trinajstić information content (AvgIpc) is 2.63. The highest BCUT2D eigenvalue weighted by Crippen LogP contribution is 2.28. The molecule has 0 saturated heterocycles. The van der Waals surface area contributed by atoms with Gasteiger partial charge >= 0.3 is 0 Å². The molecular formula is C18H15ClN4O2. The molecule has 0 aliphatic heterocycles. The second-order valence-electron chi connectivity index (χ2n) is 5.09. The van der Waals surface area contributed by atoms with Crippen LogP contribution in [-0.2, 0) is 0 Å². The zero-order valence-corrected chi connectivity index (χ0v) is 14.1. The van der Waals surface area contributed by atoms with Crippen LogP contribution < -0.4 is 15.4 Å². The standard InChI is InChI=1S/C18H15ClN4O2/c1-25-16-9-7-12(19)11-15(16)21-18(24)14-8-10-17(23-22-14)20-13-5-3-2-4-6-13/h2-11H,1H3,(H,20,23)(H,21,24). The van der Waals surface area contributed by atoms with Gasteiger partial charge in [0.1, 0.15) is 5.75 Å². The van der Waals surface area contributed by atoms with Crippen LogP contribution in [0.3, 0.4) is 0 Å². The molecule has 25 heavy (non-hydrogen) atoms.